The Morgan fingerprint density at radius 3 is 2.46 bits per heavy atom. The maximum Gasteiger partial charge on any atom is 0.496 e. The van der Waals surface area contributed by atoms with Crippen LogP contribution < -0.4 is 5.46 Å². The highest BCUT2D eigenvalue weighted by molar-refractivity contribution is 6.62. The van der Waals surface area contributed by atoms with Gasteiger partial charge >= 0.3 is 7.12 Å². The predicted octanol–water partition coefficient (Wildman–Crippen LogP) is 6.09. The van der Waals surface area contributed by atoms with Gasteiger partial charge in [0.25, 0.3) is 0 Å². The summed E-state index contributed by atoms with van der Waals surface area (Å²) in [5, 5.41) is 4.49. The molecular weight excluding hydrogens is 525 g/mol. The average Bonchev–Trinajstić information content (AvgIpc) is 3.44. The normalized spacial score (nSPS) is 20.6. The van der Waals surface area contributed by atoms with Gasteiger partial charge in [-0.15, -0.1) is 0 Å². The standard InChI is InChI=1S/C28H28BClF2N4O3/c1-27(2)28(3,4)39-29(38-27)16-11-24-23(33-14-16)9-8-22(34-24)18-15-36(25-7-5-6-10-37-25)35-26(18)17-12-19(30)21(32)13-20(17)31/h8-9,11-15,25H,5-7,10H2,1-4H3. The van der Waals surface area contributed by atoms with E-state index in [-0.39, 0.29) is 16.8 Å². The van der Waals surface area contributed by atoms with Gasteiger partial charge in [-0.05, 0) is 71.2 Å². The number of pyridine rings is 2. The van der Waals surface area contributed by atoms with E-state index in [1.807, 2.05) is 39.8 Å². The van der Waals surface area contributed by atoms with E-state index in [0.29, 0.717) is 34.6 Å². The topological polar surface area (TPSA) is 71.3 Å². The number of halogens is 3. The van der Waals surface area contributed by atoms with Gasteiger partial charge in [0, 0.05) is 41.7 Å². The Balaban J connectivity index is 1.45. The molecular formula is C28H28BClF2N4O3. The van der Waals surface area contributed by atoms with Crippen LogP contribution in [0.2, 0.25) is 5.02 Å². The highest BCUT2D eigenvalue weighted by Crippen LogP contribution is 2.38. The molecule has 4 aromatic rings. The lowest BCUT2D eigenvalue weighted by molar-refractivity contribution is -0.0393. The molecule has 1 aromatic carbocycles. The van der Waals surface area contributed by atoms with Gasteiger partial charge in [-0.3, -0.25) is 4.98 Å². The Morgan fingerprint density at radius 1 is 0.974 bits per heavy atom. The largest absolute Gasteiger partial charge is 0.496 e. The third-order valence-electron chi connectivity index (χ3n) is 7.81. The van der Waals surface area contributed by atoms with Gasteiger partial charge < -0.3 is 14.0 Å². The molecule has 0 amide bonds. The van der Waals surface area contributed by atoms with Crippen molar-refractivity contribution in [3.8, 4) is 22.5 Å². The maximum atomic E-state index is 15.0. The van der Waals surface area contributed by atoms with Crippen LogP contribution in [0.3, 0.4) is 0 Å². The Kier molecular flexibility index (Phi) is 6.49. The molecule has 0 radical (unpaired) electrons. The molecule has 2 fully saturated rings. The van der Waals surface area contributed by atoms with Gasteiger partial charge in [-0.25, -0.2) is 18.4 Å². The monoisotopic (exact) mass is 552 g/mol. The SMILES string of the molecule is CC1(C)OB(c2cnc3ccc(-c4cn(C5CCCCO5)nc4-c4cc(Cl)c(F)cc4F)nc3c2)OC1(C)C. The number of fused-ring (bicyclic) bond motifs is 1. The molecule has 1 unspecified atom stereocenters. The average molecular weight is 553 g/mol. The number of ether oxygens (including phenoxy) is 1. The summed E-state index contributed by atoms with van der Waals surface area (Å²) in [6.45, 7) is 8.59. The second kappa shape index (κ2) is 9.62. The molecule has 2 aliphatic rings. The molecule has 202 valence electrons. The van der Waals surface area contributed by atoms with Crippen LogP contribution in [0.1, 0.15) is 53.2 Å². The van der Waals surface area contributed by atoms with Gasteiger partial charge in [0.15, 0.2) is 0 Å². The third kappa shape index (κ3) is 4.73. The summed E-state index contributed by atoms with van der Waals surface area (Å²) in [6, 6.07) is 7.56. The zero-order valence-electron chi connectivity index (χ0n) is 22.2. The fourth-order valence-corrected chi connectivity index (χ4v) is 5.01. The van der Waals surface area contributed by atoms with E-state index in [0.717, 1.165) is 30.8 Å². The van der Waals surface area contributed by atoms with Gasteiger partial charge in [0.2, 0.25) is 0 Å². The molecule has 5 heterocycles. The Morgan fingerprint density at radius 2 is 1.74 bits per heavy atom. The molecule has 3 aromatic heterocycles. The third-order valence-corrected chi connectivity index (χ3v) is 8.10. The van der Waals surface area contributed by atoms with Gasteiger partial charge in [0.05, 0.1) is 33.0 Å². The zero-order chi connectivity index (χ0) is 27.5. The lowest BCUT2D eigenvalue weighted by Crippen LogP contribution is -2.41. The Bertz CT molecular complexity index is 1560. The minimum atomic E-state index is -0.834. The van der Waals surface area contributed by atoms with Crippen molar-refractivity contribution in [1.29, 1.82) is 0 Å². The molecule has 39 heavy (non-hydrogen) atoms. The van der Waals surface area contributed by atoms with Crippen LogP contribution in [0.4, 0.5) is 8.78 Å². The van der Waals surface area contributed by atoms with Crippen molar-refractivity contribution in [2.75, 3.05) is 6.61 Å². The summed E-state index contributed by atoms with van der Waals surface area (Å²) in [5.41, 5.74) is 2.54. The molecule has 11 heteroatoms. The summed E-state index contributed by atoms with van der Waals surface area (Å²) in [4.78, 5) is 9.44. The van der Waals surface area contributed by atoms with E-state index in [1.54, 1.807) is 23.1 Å². The van der Waals surface area contributed by atoms with E-state index in [9.17, 15) is 4.39 Å². The highest BCUT2D eigenvalue weighted by Gasteiger charge is 2.51. The summed E-state index contributed by atoms with van der Waals surface area (Å²) >= 11 is 6.04. The van der Waals surface area contributed by atoms with E-state index in [4.69, 9.17) is 30.6 Å². The highest BCUT2D eigenvalue weighted by atomic mass is 35.5. The van der Waals surface area contributed by atoms with Crippen LogP contribution in [0.5, 0.6) is 0 Å². The summed E-state index contributed by atoms with van der Waals surface area (Å²) in [7, 11) is -0.588. The molecule has 1 atom stereocenters. The van der Waals surface area contributed by atoms with Crippen LogP contribution in [0.25, 0.3) is 33.5 Å². The predicted molar refractivity (Wildman–Crippen MR) is 146 cm³/mol. The van der Waals surface area contributed by atoms with Crippen molar-refractivity contribution in [3.05, 3.63) is 59.4 Å². The van der Waals surface area contributed by atoms with Crippen molar-refractivity contribution in [1.82, 2.24) is 19.7 Å². The van der Waals surface area contributed by atoms with E-state index in [2.05, 4.69) is 10.1 Å². The molecule has 6 rings (SSSR count). The summed E-state index contributed by atoms with van der Waals surface area (Å²) in [6.07, 6.45) is 5.98. The first kappa shape index (κ1) is 26.3. The number of hydrogen-bond acceptors (Lipinski definition) is 6. The molecule has 2 saturated heterocycles. The number of nitrogens with zero attached hydrogens (tertiary/aromatic N) is 4. The molecule has 0 bridgehead atoms. The lowest BCUT2D eigenvalue weighted by atomic mass is 9.80. The minimum Gasteiger partial charge on any atom is -0.399 e. The fourth-order valence-electron chi connectivity index (χ4n) is 4.84. The quantitative estimate of drug-likeness (QED) is 0.225. The van der Waals surface area contributed by atoms with Crippen molar-refractivity contribution < 1.29 is 22.8 Å². The molecule has 0 N–H and O–H groups in total. The van der Waals surface area contributed by atoms with E-state index < -0.39 is 30.0 Å². The van der Waals surface area contributed by atoms with E-state index in [1.165, 1.54) is 6.07 Å². The Hall–Kier alpha value is -2.92. The fraction of sp³-hybridized carbons (Fsp3) is 0.393. The van der Waals surface area contributed by atoms with Crippen molar-refractivity contribution in [2.45, 2.75) is 64.4 Å². The van der Waals surface area contributed by atoms with Gasteiger partial charge in [-0.2, -0.15) is 5.10 Å². The van der Waals surface area contributed by atoms with Crippen molar-refractivity contribution in [2.24, 2.45) is 0 Å². The van der Waals surface area contributed by atoms with Crippen LogP contribution in [-0.2, 0) is 14.0 Å². The number of hydrogen-bond donors (Lipinski definition) is 0. The summed E-state index contributed by atoms with van der Waals surface area (Å²) < 4.78 is 49.0. The second-order valence-electron chi connectivity index (χ2n) is 11.0. The molecule has 0 spiro atoms. The van der Waals surface area contributed by atoms with Crippen LogP contribution in [0.15, 0.2) is 42.7 Å². The first-order valence-corrected chi connectivity index (χ1v) is 13.4. The molecule has 0 saturated carbocycles. The molecule has 2 aliphatic heterocycles. The van der Waals surface area contributed by atoms with Crippen LogP contribution >= 0.6 is 11.6 Å². The van der Waals surface area contributed by atoms with Crippen molar-refractivity contribution in [3.63, 3.8) is 0 Å². The number of benzene rings is 1. The summed E-state index contributed by atoms with van der Waals surface area (Å²) in [5.74, 6) is -1.60. The minimum absolute atomic E-state index is 0.0805. The molecule has 0 aliphatic carbocycles. The lowest BCUT2D eigenvalue weighted by Gasteiger charge is -2.32. The van der Waals surface area contributed by atoms with Crippen molar-refractivity contribution >= 4 is 35.2 Å². The Labute approximate surface area is 230 Å². The van der Waals surface area contributed by atoms with Crippen LogP contribution in [0, 0.1) is 11.6 Å². The number of rotatable bonds is 4. The first-order chi connectivity index (χ1) is 18.5. The van der Waals surface area contributed by atoms with Crippen LogP contribution in [-0.4, -0.2) is 44.7 Å². The second-order valence-corrected chi connectivity index (χ2v) is 11.4. The van der Waals surface area contributed by atoms with Gasteiger partial charge in [0.1, 0.15) is 23.6 Å². The zero-order valence-corrected chi connectivity index (χ0v) is 22.9. The smallest absolute Gasteiger partial charge is 0.399 e. The maximum absolute atomic E-state index is 15.0. The van der Waals surface area contributed by atoms with Gasteiger partial charge in [-0.1, -0.05) is 11.6 Å². The van der Waals surface area contributed by atoms with E-state index >= 15 is 4.39 Å². The number of aromatic nitrogens is 4. The first-order valence-electron chi connectivity index (χ1n) is 13.0. The molecule has 7 nitrogen and oxygen atoms in total.